The summed E-state index contributed by atoms with van der Waals surface area (Å²) < 4.78 is 0. The Labute approximate surface area is 155 Å². The van der Waals surface area contributed by atoms with E-state index in [9.17, 15) is 4.79 Å². The van der Waals surface area contributed by atoms with Gasteiger partial charge in [-0.3, -0.25) is 4.79 Å². The zero-order valence-electron chi connectivity index (χ0n) is 15.8. The highest BCUT2D eigenvalue weighted by Gasteiger charge is 2.23. The predicted molar refractivity (Wildman–Crippen MR) is 105 cm³/mol. The van der Waals surface area contributed by atoms with Gasteiger partial charge in [-0.25, -0.2) is 9.97 Å². The van der Waals surface area contributed by atoms with E-state index in [-0.39, 0.29) is 5.91 Å². The van der Waals surface area contributed by atoms with Crippen molar-refractivity contribution in [2.45, 2.75) is 25.8 Å². The Bertz CT molecular complexity index is 736. The number of piperazine rings is 1. The van der Waals surface area contributed by atoms with Crippen LogP contribution >= 0.6 is 0 Å². The van der Waals surface area contributed by atoms with E-state index in [0.29, 0.717) is 12.6 Å². The average molecular weight is 353 g/mol. The van der Waals surface area contributed by atoms with Crippen LogP contribution in [0.25, 0.3) is 0 Å². The molecule has 0 radical (unpaired) electrons. The zero-order chi connectivity index (χ0) is 18.5. The van der Waals surface area contributed by atoms with Crippen LogP contribution in [0.2, 0.25) is 0 Å². The third kappa shape index (κ3) is 4.12. The maximum absolute atomic E-state index is 12.0. The average Bonchev–Trinajstić information content (AvgIpc) is 2.68. The van der Waals surface area contributed by atoms with Gasteiger partial charge in [0.05, 0.1) is 6.54 Å². The molecule has 3 rings (SSSR count). The minimum Gasteiger partial charge on any atom is -0.356 e. The zero-order valence-corrected chi connectivity index (χ0v) is 15.8. The van der Waals surface area contributed by atoms with Crippen molar-refractivity contribution in [3.8, 4) is 0 Å². The number of anilines is 2. The van der Waals surface area contributed by atoms with Crippen LogP contribution in [0.5, 0.6) is 0 Å². The molecule has 26 heavy (non-hydrogen) atoms. The lowest BCUT2D eigenvalue weighted by Crippen LogP contribution is -2.48. The van der Waals surface area contributed by atoms with Crippen molar-refractivity contribution in [3.63, 3.8) is 0 Å². The van der Waals surface area contributed by atoms with Gasteiger partial charge in [-0.05, 0) is 18.4 Å². The van der Waals surface area contributed by atoms with Crippen LogP contribution in [-0.4, -0.2) is 60.5 Å². The molecule has 1 unspecified atom stereocenters. The second-order valence-corrected chi connectivity index (χ2v) is 6.83. The largest absolute Gasteiger partial charge is 0.356 e. The Morgan fingerprint density at radius 2 is 1.96 bits per heavy atom. The lowest BCUT2D eigenvalue weighted by molar-refractivity contribution is -0.129. The predicted octanol–water partition coefficient (Wildman–Crippen LogP) is 2.21. The van der Waals surface area contributed by atoms with Gasteiger partial charge in [0.2, 0.25) is 5.91 Å². The van der Waals surface area contributed by atoms with Gasteiger partial charge in [0.25, 0.3) is 0 Å². The normalized spacial score (nSPS) is 15.9. The van der Waals surface area contributed by atoms with E-state index in [1.807, 2.05) is 24.1 Å². The van der Waals surface area contributed by atoms with Crippen LogP contribution in [0.15, 0.2) is 42.7 Å². The molecule has 0 bridgehead atoms. The number of amides is 1. The van der Waals surface area contributed by atoms with Gasteiger partial charge in [-0.15, -0.1) is 0 Å². The first-order valence-corrected chi connectivity index (χ1v) is 9.16. The van der Waals surface area contributed by atoms with Crippen LogP contribution in [-0.2, 0) is 11.2 Å². The van der Waals surface area contributed by atoms with Crippen molar-refractivity contribution in [1.82, 2.24) is 14.9 Å². The number of hydrogen-bond acceptors (Lipinski definition) is 5. The highest BCUT2D eigenvalue weighted by Crippen LogP contribution is 2.22. The summed E-state index contributed by atoms with van der Waals surface area (Å²) in [5.74, 6) is 1.84. The van der Waals surface area contributed by atoms with Crippen LogP contribution in [0.4, 0.5) is 11.6 Å². The van der Waals surface area contributed by atoms with Gasteiger partial charge in [0.15, 0.2) is 0 Å². The number of carbonyl (C=O) groups excluding carboxylic acids is 1. The Kier molecular flexibility index (Phi) is 5.71. The summed E-state index contributed by atoms with van der Waals surface area (Å²) in [6.07, 6.45) is 3.59. The molecular formula is C20H27N5O. The third-order valence-corrected chi connectivity index (χ3v) is 5.11. The summed E-state index contributed by atoms with van der Waals surface area (Å²) in [6.45, 7) is 4.09. The van der Waals surface area contributed by atoms with E-state index in [1.165, 1.54) is 5.56 Å². The number of aromatic nitrogens is 2. The number of benzene rings is 1. The Morgan fingerprint density at radius 1 is 1.19 bits per heavy atom. The SMILES string of the molecule is CCC(Cc1ccccc1)N(C)c1cc(N2CCN(C)C(=O)C2)ncn1. The maximum Gasteiger partial charge on any atom is 0.241 e. The third-order valence-electron chi connectivity index (χ3n) is 5.11. The number of carbonyl (C=O) groups is 1. The summed E-state index contributed by atoms with van der Waals surface area (Å²) in [5, 5.41) is 0. The van der Waals surface area contributed by atoms with Crippen LogP contribution in [0.3, 0.4) is 0 Å². The van der Waals surface area contributed by atoms with E-state index in [0.717, 1.165) is 37.6 Å². The van der Waals surface area contributed by atoms with Crippen LogP contribution < -0.4 is 9.80 Å². The molecule has 1 aromatic carbocycles. The number of hydrogen-bond donors (Lipinski definition) is 0. The lowest BCUT2D eigenvalue weighted by Gasteiger charge is -2.33. The fourth-order valence-electron chi connectivity index (χ4n) is 3.29. The molecule has 138 valence electrons. The molecular weight excluding hydrogens is 326 g/mol. The van der Waals surface area contributed by atoms with E-state index in [2.05, 4.69) is 53.1 Å². The molecule has 2 aromatic rings. The molecule has 2 heterocycles. The highest BCUT2D eigenvalue weighted by atomic mass is 16.2. The molecule has 1 aliphatic rings. The molecule has 0 N–H and O–H groups in total. The van der Waals surface area contributed by atoms with Crippen molar-refractivity contribution >= 4 is 17.5 Å². The second kappa shape index (κ2) is 8.17. The molecule has 1 aliphatic heterocycles. The summed E-state index contributed by atoms with van der Waals surface area (Å²) >= 11 is 0. The topological polar surface area (TPSA) is 52.6 Å². The van der Waals surface area contributed by atoms with Gasteiger partial charge < -0.3 is 14.7 Å². The van der Waals surface area contributed by atoms with Crippen LogP contribution in [0.1, 0.15) is 18.9 Å². The Hall–Kier alpha value is -2.63. The quantitative estimate of drug-likeness (QED) is 0.797. The van der Waals surface area contributed by atoms with Gasteiger partial charge in [0, 0.05) is 39.3 Å². The summed E-state index contributed by atoms with van der Waals surface area (Å²) in [6, 6.07) is 12.9. The van der Waals surface area contributed by atoms with Gasteiger partial charge in [-0.2, -0.15) is 0 Å². The van der Waals surface area contributed by atoms with Crippen molar-refractivity contribution in [2.75, 3.05) is 43.5 Å². The van der Waals surface area contributed by atoms with Crippen molar-refractivity contribution in [3.05, 3.63) is 48.3 Å². The monoisotopic (exact) mass is 353 g/mol. The summed E-state index contributed by atoms with van der Waals surface area (Å²) in [4.78, 5) is 26.9. The molecule has 6 nitrogen and oxygen atoms in total. The number of likely N-dealkylation sites (N-methyl/N-ethyl adjacent to an activating group) is 2. The first-order valence-electron chi connectivity index (χ1n) is 9.16. The first kappa shape index (κ1) is 18.2. The van der Waals surface area contributed by atoms with Gasteiger partial charge in [0.1, 0.15) is 18.0 Å². The Balaban J connectivity index is 1.74. The fourth-order valence-corrected chi connectivity index (χ4v) is 3.29. The number of nitrogens with zero attached hydrogens (tertiary/aromatic N) is 5. The fraction of sp³-hybridized carbons (Fsp3) is 0.450. The molecule has 6 heteroatoms. The van der Waals surface area contributed by atoms with E-state index >= 15 is 0 Å². The molecule has 0 aliphatic carbocycles. The standard InChI is InChI=1S/C20H27N5O/c1-4-17(12-16-8-6-5-7-9-16)24(3)18-13-19(22-15-21-18)25-11-10-23(2)20(26)14-25/h5-9,13,15,17H,4,10-12,14H2,1-3H3. The van der Waals surface area contributed by atoms with E-state index in [1.54, 1.807) is 11.2 Å². The van der Waals surface area contributed by atoms with Crippen molar-refractivity contribution < 1.29 is 4.79 Å². The molecule has 1 saturated heterocycles. The molecule has 1 atom stereocenters. The first-order chi connectivity index (χ1) is 12.6. The smallest absolute Gasteiger partial charge is 0.241 e. The maximum atomic E-state index is 12.0. The molecule has 1 aromatic heterocycles. The Morgan fingerprint density at radius 3 is 2.65 bits per heavy atom. The lowest BCUT2D eigenvalue weighted by atomic mass is 10.0. The summed E-state index contributed by atoms with van der Waals surface area (Å²) in [7, 11) is 3.92. The van der Waals surface area contributed by atoms with E-state index in [4.69, 9.17) is 0 Å². The van der Waals surface area contributed by atoms with E-state index < -0.39 is 0 Å². The molecule has 1 amide bonds. The minimum absolute atomic E-state index is 0.125. The van der Waals surface area contributed by atoms with Crippen molar-refractivity contribution in [1.29, 1.82) is 0 Å². The molecule has 0 spiro atoms. The number of rotatable bonds is 6. The van der Waals surface area contributed by atoms with Gasteiger partial charge in [-0.1, -0.05) is 37.3 Å². The minimum atomic E-state index is 0.125. The highest BCUT2D eigenvalue weighted by molar-refractivity contribution is 5.82. The van der Waals surface area contributed by atoms with Crippen molar-refractivity contribution in [2.24, 2.45) is 0 Å². The second-order valence-electron chi connectivity index (χ2n) is 6.83. The molecule has 1 fully saturated rings. The molecule has 0 saturated carbocycles. The summed E-state index contributed by atoms with van der Waals surface area (Å²) in [5.41, 5.74) is 1.32. The van der Waals surface area contributed by atoms with Gasteiger partial charge >= 0.3 is 0 Å². The van der Waals surface area contributed by atoms with Crippen LogP contribution in [0, 0.1) is 0 Å².